The van der Waals surface area contributed by atoms with Gasteiger partial charge < -0.3 is 14.3 Å². The predicted molar refractivity (Wildman–Crippen MR) is 107 cm³/mol. The van der Waals surface area contributed by atoms with Gasteiger partial charge in [-0.3, -0.25) is 5.32 Å². The number of hydrogen-bond acceptors (Lipinski definition) is 5. The number of hydrogen-bond donors (Lipinski definition) is 1. The third kappa shape index (κ3) is 9.59. The minimum Gasteiger partial charge on any atom is -0.464 e. The number of benzene rings is 1. The number of allylic oxidation sites excluding steroid dienone is 1. The van der Waals surface area contributed by atoms with Gasteiger partial charge in [0, 0.05) is 11.8 Å². The van der Waals surface area contributed by atoms with E-state index in [9.17, 15) is 14.4 Å². The van der Waals surface area contributed by atoms with E-state index in [0.717, 1.165) is 23.7 Å². The topological polar surface area (TPSA) is 81.7 Å². The van der Waals surface area contributed by atoms with Crippen LogP contribution in [0.25, 0.3) is 0 Å². The smallest absolute Gasteiger partial charge is 0.464 e. The van der Waals surface area contributed by atoms with Crippen molar-refractivity contribution in [2.24, 2.45) is 0 Å². The van der Waals surface area contributed by atoms with Crippen LogP contribution in [0.15, 0.2) is 42.1 Å². The first-order valence-electron chi connectivity index (χ1n) is 8.78. The minimum atomic E-state index is -0.716. The Morgan fingerprint density at radius 1 is 0.933 bits per heavy atom. The first-order chi connectivity index (χ1) is 14.1. The average Bonchev–Trinajstić information content (AvgIpc) is 3.46. The molecule has 6 nitrogen and oxygen atoms in total. The van der Waals surface area contributed by atoms with E-state index in [0.29, 0.717) is 0 Å². The summed E-state index contributed by atoms with van der Waals surface area (Å²) in [6.07, 6.45) is 16.1. The largest absolute Gasteiger partial charge is 2.00 e. The molecule has 0 aliphatic heterocycles. The van der Waals surface area contributed by atoms with Crippen molar-refractivity contribution in [2.75, 3.05) is 7.11 Å². The second kappa shape index (κ2) is 14.8. The number of esters is 1. The summed E-state index contributed by atoms with van der Waals surface area (Å²) in [4.78, 5) is 33.3. The van der Waals surface area contributed by atoms with Crippen LogP contribution in [0.2, 0.25) is 0 Å². The molecule has 0 atom stereocenters. The van der Waals surface area contributed by atoms with E-state index in [4.69, 9.17) is 4.74 Å². The van der Waals surface area contributed by atoms with Gasteiger partial charge in [0.1, 0.15) is 18.6 Å². The molecule has 0 saturated heterocycles. The van der Waals surface area contributed by atoms with E-state index < -0.39 is 12.1 Å². The summed E-state index contributed by atoms with van der Waals surface area (Å²) >= 11 is 0. The summed E-state index contributed by atoms with van der Waals surface area (Å²) in [5.41, 5.74) is 0.879. The molecule has 1 amide bonds. The number of rotatable bonds is 6. The van der Waals surface area contributed by atoms with Crippen LogP contribution in [0.4, 0.5) is 4.79 Å². The second-order valence-corrected chi connectivity index (χ2v) is 5.79. The third-order valence-electron chi connectivity index (χ3n) is 3.68. The maximum Gasteiger partial charge on any atom is 2.00 e. The molecular weight excluding hydrogens is 426 g/mol. The fourth-order valence-corrected chi connectivity index (χ4v) is 2.24. The van der Waals surface area contributed by atoms with Gasteiger partial charge in [-0.25, -0.2) is 9.59 Å². The molecule has 0 aromatic heterocycles. The van der Waals surface area contributed by atoms with Crippen molar-refractivity contribution in [1.29, 1.82) is 0 Å². The summed E-state index contributed by atoms with van der Waals surface area (Å²) < 4.78 is 9.72. The number of ether oxygens (including phenoxy) is 2. The van der Waals surface area contributed by atoms with Crippen molar-refractivity contribution in [3.05, 3.63) is 111 Å². The monoisotopic (exact) mass is 447 g/mol. The number of carbonyl (C=O) groups excluding carboxylic acids is 3. The molecule has 1 aromatic carbocycles. The number of carbonyl (C=O) groups is 3. The van der Waals surface area contributed by atoms with Crippen LogP contribution in [0.3, 0.4) is 0 Å². The van der Waals surface area contributed by atoms with Crippen LogP contribution in [0.5, 0.6) is 0 Å². The average molecular weight is 447 g/mol. The second-order valence-electron chi connectivity index (χ2n) is 5.79. The van der Waals surface area contributed by atoms with Gasteiger partial charge in [0.2, 0.25) is 0 Å². The molecule has 3 rings (SSSR count). The summed E-state index contributed by atoms with van der Waals surface area (Å²) in [5, 5.41) is 2.40. The maximum absolute atomic E-state index is 11.8. The van der Waals surface area contributed by atoms with Crippen molar-refractivity contribution in [3.8, 4) is 0 Å². The Morgan fingerprint density at radius 3 is 2.00 bits per heavy atom. The van der Waals surface area contributed by atoms with Gasteiger partial charge in [0.25, 0.3) is 0 Å². The molecule has 154 valence electrons. The predicted octanol–water partition coefficient (Wildman–Crippen LogP) is 2.96. The Balaban J connectivity index is 0.000000477. The molecule has 0 unspecified atom stereocenters. The van der Waals surface area contributed by atoms with Crippen LogP contribution in [0.1, 0.15) is 5.56 Å². The summed E-state index contributed by atoms with van der Waals surface area (Å²) in [5.74, 6) is 0.890. The zero-order chi connectivity index (χ0) is 20.9. The molecule has 0 heterocycles. The van der Waals surface area contributed by atoms with Crippen molar-refractivity contribution < 1.29 is 40.9 Å². The van der Waals surface area contributed by atoms with Crippen LogP contribution in [-0.4, -0.2) is 25.5 Å². The van der Waals surface area contributed by atoms with E-state index >= 15 is 0 Å². The van der Waals surface area contributed by atoms with Crippen LogP contribution < -0.4 is 5.32 Å². The Bertz CT molecular complexity index is 680. The molecule has 2 fully saturated rings. The molecule has 0 bridgehead atoms. The van der Waals surface area contributed by atoms with E-state index in [-0.39, 0.29) is 29.4 Å². The van der Waals surface area contributed by atoms with Gasteiger partial charge in [-0.15, -0.1) is 0 Å². The number of aldehydes is 1. The first-order valence-corrected chi connectivity index (χ1v) is 8.78. The molecular formula is C23H21FeNO5+2. The first kappa shape index (κ1) is 25.9. The molecule has 1 aromatic rings. The molecule has 2 saturated carbocycles. The van der Waals surface area contributed by atoms with Crippen LogP contribution >= 0.6 is 0 Å². The molecule has 1 N–H and O–H groups in total. The molecule has 2 aliphatic rings. The Hall–Kier alpha value is -2.11. The fraction of sp³-hybridized carbons (Fsp3) is 0.0870. The molecule has 30 heavy (non-hydrogen) atoms. The summed E-state index contributed by atoms with van der Waals surface area (Å²) in [7, 11) is 1.25. The zero-order valence-electron chi connectivity index (χ0n) is 16.3. The van der Waals surface area contributed by atoms with E-state index in [1.54, 1.807) is 25.7 Å². The zero-order valence-corrected chi connectivity index (χ0v) is 17.4. The quantitative estimate of drug-likeness (QED) is 0.314. The van der Waals surface area contributed by atoms with Gasteiger partial charge in [-0.05, 0) is 63.0 Å². The molecule has 2 aliphatic carbocycles. The third-order valence-corrected chi connectivity index (χ3v) is 3.68. The number of amides is 1. The van der Waals surface area contributed by atoms with Crippen molar-refractivity contribution in [1.82, 2.24) is 5.32 Å². The van der Waals surface area contributed by atoms with Gasteiger partial charge in [-0.2, -0.15) is 0 Å². The van der Waals surface area contributed by atoms with E-state index in [1.165, 1.54) is 13.2 Å². The van der Waals surface area contributed by atoms with E-state index in [2.05, 4.69) is 10.1 Å². The number of nitrogens with one attached hydrogen (secondary N) is 1. The standard InChI is InChI=1S/C17H16NO4.C6H5O.Fe/c1-21-16(19)15(11-13-7-5-6-8-13)18-17(20)22-12-14-9-3-2-4-10-14;7-5-6-3-1-2-4-6;/h2-11H,12H2,1H3,(H,18,20);1-5H;/q;;+2/b15-11-;;. The summed E-state index contributed by atoms with van der Waals surface area (Å²) in [6.45, 7) is 0.123. The van der Waals surface area contributed by atoms with Crippen molar-refractivity contribution in [2.45, 2.75) is 6.61 Å². The molecule has 10 radical (unpaired) electrons. The van der Waals surface area contributed by atoms with Gasteiger partial charge in [-0.1, -0.05) is 30.3 Å². The number of alkyl carbamates (subject to hydrolysis) is 1. The fourth-order valence-electron chi connectivity index (χ4n) is 2.24. The van der Waals surface area contributed by atoms with Crippen LogP contribution in [0, 0.1) is 63.2 Å². The Morgan fingerprint density at radius 2 is 1.50 bits per heavy atom. The molecule has 0 spiro atoms. The van der Waals surface area contributed by atoms with Crippen molar-refractivity contribution >= 4 is 18.3 Å². The van der Waals surface area contributed by atoms with E-state index in [1.807, 2.05) is 56.0 Å². The molecule has 7 heteroatoms. The maximum atomic E-state index is 11.8. The minimum absolute atomic E-state index is 0. The normalized spacial score (nSPS) is 16.6. The Kier molecular flexibility index (Phi) is 12.8. The summed E-state index contributed by atoms with van der Waals surface area (Å²) in [6, 6.07) is 9.27. The van der Waals surface area contributed by atoms with Crippen molar-refractivity contribution in [3.63, 3.8) is 0 Å². The van der Waals surface area contributed by atoms with Crippen LogP contribution in [-0.2, 0) is 42.7 Å². The van der Waals surface area contributed by atoms with Gasteiger partial charge in [0.05, 0.1) is 7.11 Å². The Labute approximate surface area is 189 Å². The SMILES string of the molecule is COC(=O)/C(=C/[C]1[CH][CH][CH][CH]1)NC(=O)OCc1ccccc1.O=C[C]1[CH][CH][CH][CH]1.[Fe+2]. The van der Waals surface area contributed by atoms with Gasteiger partial charge >= 0.3 is 29.1 Å². The number of methoxy groups -OCH3 is 1. The van der Waals surface area contributed by atoms with Gasteiger partial charge in [0.15, 0.2) is 0 Å².